The van der Waals surface area contributed by atoms with E-state index < -0.39 is 6.03 Å². The predicted molar refractivity (Wildman–Crippen MR) is 67.7 cm³/mol. The first-order chi connectivity index (χ1) is 7.97. The van der Waals surface area contributed by atoms with Crippen molar-refractivity contribution in [2.75, 3.05) is 7.11 Å². The molecular formula is C9H9BrClN3O3. The molecule has 0 aromatic heterocycles. The Morgan fingerprint density at radius 3 is 2.94 bits per heavy atom. The van der Waals surface area contributed by atoms with Crippen LogP contribution >= 0.6 is 27.5 Å². The minimum absolute atomic E-state index is 0.113. The Morgan fingerprint density at radius 2 is 2.41 bits per heavy atom. The monoisotopic (exact) mass is 321 g/mol. The van der Waals surface area contributed by atoms with Gasteiger partial charge in [-0.2, -0.15) is 5.10 Å². The average Bonchev–Trinajstić information content (AvgIpc) is 2.29. The topological polar surface area (TPSA) is 96.9 Å². The average molecular weight is 323 g/mol. The van der Waals surface area contributed by atoms with Crippen molar-refractivity contribution in [3.05, 3.63) is 21.1 Å². The minimum atomic E-state index is -0.790. The van der Waals surface area contributed by atoms with E-state index in [4.69, 9.17) is 22.1 Å². The van der Waals surface area contributed by atoms with Crippen LogP contribution in [0.3, 0.4) is 0 Å². The molecule has 0 aliphatic rings. The number of nitrogens with zero attached hydrogens (tertiary/aromatic N) is 1. The van der Waals surface area contributed by atoms with Crippen molar-refractivity contribution in [3.63, 3.8) is 0 Å². The lowest BCUT2D eigenvalue weighted by Gasteiger charge is -2.08. The van der Waals surface area contributed by atoms with Crippen LogP contribution in [0, 0.1) is 0 Å². The molecule has 1 aromatic rings. The van der Waals surface area contributed by atoms with E-state index in [0.717, 1.165) is 0 Å². The van der Waals surface area contributed by atoms with E-state index in [1.54, 1.807) is 0 Å². The zero-order valence-electron chi connectivity index (χ0n) is 8.70. The van der Waals surface area contributed by atoms with Gasteiger partial charge in [-0.25, -0.2) is 10.2 Å². The van der Waals surface area contributed by atoms with Crippen molar-refractivity contribution in [2.45, 2.75) is 0 Å². The number of hydrazone groups is 1. The predicted octanol–water partition coefficient (Wildman–Crippen LogP) is 1.82. The number of ether oxygens (including phenoxy) is 1. The smallest absolute Gasteiger partial charge is 0.332 e. The first-order valence-corrected chi connectivity index (χ1v) is 5.48. The minimum Gasteiger partial charge on any atom is -0.503 e. The Kier molecular flexibility index (Phi) is 4.59. The Morgan fingerprint density at radius 1 is 1.76 bits per heavy atom. The number of methoxy groups -OCH3 is 1. The number of rotatable bonds is 3. The lowest BCUT2D eigenvalue weighted by Crippen LogP contribution is -2.24. The van der Waals surface area contributed by atoms with E-state index in [1.807, 2.05) is 5.43 Å². The van der Waals surface area contributed by atoms with E-state index in [9.17, 15) is 9.90 Å². The summed E-state index contributed by atoms with van der Waals surface area (Å²) in [5, 5.41) is 13.4. The normalized spacial score (nSPS) is 10.5. The summed E-state index contributed by atoms with van der Waals surface area (Å²) in [5.74, 6) is 0.110. The second-order valence-electron chi connectivity index (χ2n) is 2.88. The molecule has 0 heterocycles. The fourth-order valence-electron chi connectivity index (χ4n) is 1.03. The van der Waals surface area contributed by atoms with Gasteiger partial charge in [-0.05, 0) is 22.0 Å². The first kappa shape index (κ1) is 13.6. The fourth-order valence-corrected chi connectivity index (χ4v) is 1.64. The number of urea groups is 1. The van der Waals surface area contributed by atoms with Crippen LogP contribution in [0.5, 0.6) is 11.5 Å². The molecule has 0 unspecified atom stereocenters. The molecular weight excluding hydrogens is 313 g/mol. The summed E-state index contributed by atoms with van der Waals surface area (Å²) >= 11 is 9.05. The second-order valence-corrected chi connectivity index (χ2v) is 4.05. The van der Waals surface area contributed by atoms with Gasteiger partial charge in [0.1, 0.15) is 0 Å². The Bertz CT molecular complexity index is 479. The molecule has 2 amide bonds. The summed E-state index contributed by atoms with van der Waals surface area (Å²) in [7, 11) is 1.40. The molecule has 92 valence electrons. The zero-order chi connectivity index (χ0) is 13.0. The summed E-state index contributed by atoms with van der Waals surface area (Å²) < 4.78 is 5.21. The van der Waals surface area contributed by atoms with Crippen LogP contribution in [-0.4, -0.2) is 24.5 Å². The standard InChI is InChI=1S/C9H9BrClN3O3/c1-17-5-2-4(3-13-14-9(12)16)7(11)6(10)8(5)15/h2-3,15H,1H3,(H3,12,14,16)/b13-3-. The van der Waals surface area contributed by atoms with Crippen molar-refractivity contribution in [2.24, 2.45) is 10.8 Å². The largest absolute Gasteiger partial charge is 0.503 e. The van der Waals surface area contributed by atoms with Gasteiger partial charge in [0, 0.05) is 5.56 Å². The number of carbonyl (C=O) groups excluding carboxylic acids is 1. The van der Waals surface area contributed by atoms with Crippen molar-refractivity contribution < 1.29 is 14.6 Å². The van der Waals surface area contributed by atoms with E-state index in [-0.39, 0.29) is 21.0 Å². The number of benzene rings is 1. The van der Waals surface area contributed by atoms with E-state index >= 15 is 0 Å². The maximum absolute atomic E-state index is 10.4. The molecule has 17 heavy (non-hydrogen) atoms. The molecule has 8 heteroatoms. The van der Waals surface area contributed by atoms with Gasteiger partial charge in [-0.3, -0.25) is 0 Å². The fraction of sp³-hybridized carbons (Fsp3) is 0.111. The highest BCUT2D eigenvalue weighted by Crippen LogP contribution is 2.40. The summed E-state index contributed by atoms with van der Waals surface area (Å²) in [4.78, 5) is 10.4. The quantitative estimate of drug-likeness (QED) is 0.585. The first-order valence-electron chi connectivity index (χ1n) is 4.30. The SMILES string of the molecule is COc1cc(/C=N\NC(N)=O)c(Cl)c(Br)c1O. The van der Waals surface area contributed by atoms with Gasteiger partial charge in [-0.15, -0.1) is 0 Å². The third-order valence-corrected chi connectivity index (χ3v) is 3.18. The third-order valence-electron chi connectivity index (χ3n) is 1.77. The molecule has 6 nitrogen and oxygen atoms in total. The summed E-state index contributed by atoms with van der Waals surface area (Å²) in [6, 6.07) is 0.677. The molecule has 1 rings (SSSR count). The number of carbonyl (C=O) groups is 1. The number of phenols is 1. The van der Waals surface area contributed by atoms with E-state index in [2.05, 4.69) is 21.0 Å². The highest BCUT2D eigenvalue weighted by atomic mass is 79.9. The maximum atomic E-state index is 10.4. The van der Waals surface area contributed by atoms with Crippen molar-refractivity contribution in [1.29, 1.82) is 0 Å². The van der Waals surface area contributed by atoms with Gasteiger partial charge in [0.2, 0.25) is 0 Å². The van der Waals surface area contributed by atoms with Crippen LogP contribution in [0.2, 0.25) is 5.02 Å². The third kappa shape index (κ3) is 3.24. The zero-order valence-corrected chi connectivity index (χ0v) is 11.0. The number of nitrogens with one attached hydrogen (secondary N) is 1. The Labute approximate surface area is 111 Å². The van der Waals surface area contributed by atoms with Gasteiger partial charge in [-0.1, -0.05) is 11.6 Å². The summed E-state index contributed by atoms with van der Waals surface area (Å²) in [6.45, 7) is 0. The van der Waals surface area contributed by atoms with Crippen LogP contribution < -0.4 is 15.9 Å². The van der Waals surface area contributed by atoms with Crippen LogP contribution in [-0.2, 0) is 0 Å². The van der Waals surface area contributed by atoms with Crippen LogP contribution in [0.4, 0.5) is 4.79 Å². The number of amides is 2. The molecule has 0 aliphatic carbocycles. The Balaban J connectivity index is 3.12. The molecule has 0 bridgehead atoms. The van der Waals surface area contributed by atoms with Crippen molar-refractivity contribution in [1.82, 2.24) is 5.43 Å². The summed E-state index contributed by atoms with van der Waals surface area (Å²) in [6.07, 6.45) is 1.28. The van der Waals surface area contributed by atoms with Gasteiger partial charge >= 0.3 is 6.03 Å². The second kappa shape index (κ2) is 5.74. The number of primary amides is 1. The van der Waals surface area contributed by atoms with Crippen molar-refractivity contribution in [3.8, 4) is 11.5 Å². The number of hydrogen-bond donors (Lipinski definition) is 3. The number of phenolic OH excluding ortho intramolecular Hbond substituents is 1. The molecule has 1 aromatic carbocycles. The number of aromatic hydroxyl groups is 1. The Hall–Kier alpha value is -1.47. The van der Waals surface area contributed by atoms with Gasteiger partial charge in [0.05, 0.1) is 22.8 Å². The molecule has 0 radical (unpaired) electrons. The molecule has 0 saturated heterocycles. The molecule has 0 spiro atoms. The molecule has 0 atom stereocenters. The van der Waals surface area contributed by atoms with Crippen LogP contribution in [0.25, 0.3) is 0 Å². The number of nitrogens with two attached hydrogens (primary N) is 1. The highest BCUT2D eigenvalue weighted by Gasteiger charge is 2.13. The van der Waals surface area contributed by atoms with Gasteiger partial charge < -0.3 is 15.6 Å². The molecule has 0 aliphatic heterocycles. The van der Waals surface area contributed by atoms with E-state index in [1.165, 1.54) is 19.4 Å². The van der Waals surface area contributed by atoms with Crippen molar-refractivity contribution >= 4 is 39.8 Å². The number of halogens is 2. The maximum Gasteiger partial charge on any atom is 0.332 e. The van der Waals surface area contributed by atoms with E-state index in [0.29, 0.717) is 5.56 Å². The van der Waals surface area contributed by atoms with Crippen LogP contribution in [0.1, 0.15) is 5.56 Å². The van der Waals surface area contributed by atoms with Crippen LogP contribution in [0.15, 0.2) is 15.6 Å². The highest BCUT2D eigenvalue weighted by molar-refractivity contribution is 9.10. The van der Waals surface area contributed by atoms with Gasteiger partial charge in [0.25, 0.3) is 0 Å². The van der Waals surface area contributed by atoms with Gasteiger partial charge in [0.15, 0.2) is 11.5 Å². The molecule has 4 N–H and O–H groups in total. The molecule has 0 saturated carbocycles. The summed E-state index contributed by atoms with van der Waals surface area (Å²) in [5.41, 5.74) is 7.30. The lowest BCUT2D eigenvalue weighted by molar-refractivity contribution is 0.249. The molecule has 0 fully saturated rings. The lowest BCUT2D eigenvalue weighted by atomic mass is 10.2. The number of hydrogen-bond acceptors (Lipinski definition) is 4.